The molecule has 0 spiro atoms. The number of hydrogen-bond acceptors (Lipinski definition) is 1. The van der Waals surface area contributed by atoms with Crippen molar-refractivity contribution >= 4 is 5.97 Å². The van der Waals surface area contributed by atoms with E-state index in [0.29, 0.717) is 12.2 Å². The Bertz CT molecular complexity index is 347. The molecular formula is C7H6F2O2. The maximum atomic E-state index is 13.2. The summed E-state index contributed by atoms with van der Waals surface area (Å²) in [5.74, 6) is -1.63. The van der Waals surface area contributed by atoms with Gasteiger partial charge in [0.15, 0.2) is 12.3 Å². The van der Waals surface area contributed by atoms with Gasteiger partial charge in [-0.2, -0.15) is 0 Å². The molecule has 60 valence electrons. The average Bonchev–Trinajstić information content (AvgIpc) is 2.00. The van der Waals surface area contributed by atoms with E-state index in [1.54, 1.807) is 0 Å². The van der Waals surface area contributed by atoms with Gasteiger partial charge in [-0.1, -0.05) is 0 Å². The summed E-state index contributed by atoms with van der Waals surface area (Å²) in [5, 5.41) is 8.45. The highest BCUT2D eigenvalue weighted by atomic mass is 19.2. The molecule has 0 aliphatic heterocycles. The Kier molecular flexibility index (Phi) is 1.19. The molecule has 2 atom stereocenters. The molecule has 0 aromatic heterocycles. The van der Waals surface area contributed by atoms with Gasteiger partial charge in [0.1, 0.15) is 0 Å². The normalized spacial score (nSPS) is 48.0. The van der Waals surface area contributed by atoms with Crippen LogP contribution >= 0.6 is 0 Å². The first kappa shape index (κ1) is 4.64. The lowest BCUT2D eigenvalue weighted by molar-refractivity contribution is -0.132. The number of halogens is 2. The Balaban J connectivity index is 3.30. The second kappa shape index (κ2) is 2.82. The first-order chi connectivity index (χ1) is 6.20. The van der Waals surface area contributed by atoms with Crippen molar-refractivity contribution in [3.63, 3.8) is 0 Å². The molecule has 1 aliphatic carbocycles. The van der Waals surface area contributed by atoms with Crippen molar-refractivity contribution in [2.75, 3.05) is 0 Å². The fraction of sp³-hybridized carbons (Fsp3) is 0.286. The van der Waals surface area contributed by atoms with Crippen molar-refractivity contribution in [2.45, 2.75) is 12.3 Å². The second-order valence-electron chi connectivity index (χ2n) is 1.84. The van der Waals surface area contributed by atoms with Crippen LogP contribution < -0.4 is 0 Å². The molecule has 1 aliphatic rings. The molecule has 0 aromatic rings. The van der Waals surface area contributed by atoms with Gasteiger partial charge in [-0.15, -0.1) is 0 Å². The van der Waals surface area contributed by atoms with Crippen molar-refractivity contribution in [1.29, 1.82) is 0 Å². The smallest absolute Gasteiger partial charge is 0.335 e. The van der Waals surface area contributed by atoms with Gasteiger partial charge in [0, 0.05) is 0 Å². The van der Waals surface area contributed by atoms with Crippen LogP contribution in [0.5, 0.6) is 0 Å². The van der Waals surface area contributed by atoms with Crippen LogP contribution in [0.4, 0.5) is 8.78 Å². The van der Waals surface area contributed by atoms with Crippen LogP contribution in [0.2, 0.25) is 0 Å². The molecule has 0 heterocycles. The largest absolute Gasteiger partial charge is 0.478 e. The van der Waals surface area contributed by atoms with E-state index in [0.717, 1.165) is 0 Å². The molecule has 0 saturated carbocycles. The number of carboxylic acids is 1. The first-order valence-corrected chi connectivity index (χ1v) is 2.72. The molecular weight excluding hydrogens is 154 g/mol. The summed E-state index contributed by atoms with van der Waals surface area (Å²) in [4.78, 5) is 10.4. The number of hydrogen-bond donors (Lipinski definition) is 1. The maximum Gasteiger partial charge on any atom is 0.335 e. The minimum absolute atomic E-state index is 0.307. The fourth-order valence-corrected chi connectivity index (χ4v) is 0.574. The SMILES string of the molecule is [2H]C1=C(C(=O)O)C=CC([2H])(F)C1([2H])F. The van der Waals surface area contributed by atoms with Crippen molar-refractivity contribution in [3.05, 3.63) is 23.8 Å². The molecule has 4 heteroatoms. The van der Waals surface area contributed by atoms with E-state index in [1.807, 2.05) is 0 Å². The zero-order valence-corrected chi connectivity index (χ0v) is 5.27. The van der Waals surface area contributed by atoms with Crippen LogP contribution in [0.1, 0.15) is 4.11 Å². The summed E-state index contributed by atoms with van der Waals surface area (Å²) in [6, 6.07) is -1.36. The van der Waals surface area contributed by atoms with Crippen LogP contribution in [0.15, 0.2) is 23.8 Å². The van der Waals surface area contributed by atoms with E-state index < -0.39 is 29.9 Å². The molecule has 11 heavy (non-hydrogen) atoms. The summed E-state index contributed by atoms with van der Waals surface area (Å²) < 4.78 is 46.6. The van der Waals surface area contributed by atoms with Gasteiger partial charge in [-0.3, -0.25) is 0 Å². The lowest BCUT2D eigenvalue weighted by Gasteiger charge is -2.10. The van der Waals surface area contributed by atoms with Crippen LogP contribution in [-0.2, 0) is 4.79 Å². The third-order valence-electron chi connectivity index (χ3n) is 1.08. The van der Waals surface area contributed by atoms with E-state index in [-0.39, 0.29) is 0 Å². The zero-order chi connectivity index (χ0) is 11.1. The summed E-state index contributed by atoms with van der Waals surface area (Å²) in [6.45, 7) is 0. The highest BCUT2D eigenvalue weighted by Gasteiger charge is 2.21. The van der Waals surface area contributed by atoms with Crippen LogP contribution in [0.25, 0.3) is 0 Å². The third-order valence-corrected chi connectivity index (χ3v) is 1.08. The molecule has 0 radical (unpaired) electrons. The van der Waals surface area contributed by atoms with Crippen LogP contribution in [-0.4, -0.2) is 23.4 Å². The number of aliphatic carboxylic acids is 1. The predicted octanol–water partition coefficient (Wildman–Crippen LogP) is 1.24. The average molecular weight is 163 g/mol. The van der Waals surface area contributed by atoms with E-state index in [4.69, 9.17) is 9.22 Å². The highest BCUT2D eigenvalue weighted by Crippen LogP contribution is 2.16. The Morgan fingerprint density at radius 3 is 2.91 bits per heavy atom. The van der Waals surface area contributed by atoms with E-state index in [9.17, 15) is 13.6 Å². The van der Waals surface area contributed by atoms with Crippen LogP contribution in [0.3, 0.4) is 0 Å². The molecule has 2 nitrogen and oxygen atoms in total. The molecule has 2 unspecified atom stereocenters. The molecule has 0 bridgehead atoms. The summed E-state index contributed by atoms with van der Waals surface area (Å²) in [7, 11) is 0. The van der Waals surface area contributed by atoms with Gasteiger partial charge in [0.2, 0.25) is 0 Å². The Morgan fingerprint density at radius 1 is 1.73 bits per heavy atom. The zero-order valence-electron chi connectivity index (χ0n) is 8.27. The molecule has 0 fully saturated rings. The van der Waals surface area contributed by atoms with Crippen molar-refractivity contribution < 1.29 is 22.8 Å². The summed E-state index contributed by atoms with van der Waals surface area (Å²) in [5.41, 5.74) is -0.817. The quantitative estimate of drug-likeness (QED) is 0.631. The van der Waals surface area contributed by atoms with E-state index in [1.165, 1.54) is 0 Å². The summed E-state index contributed by atoms with van der Waals surface area (Å²) >= 11 is 0. The van der Waals surface area contributed by atoms with Crippen molar-refractivity contribution in [2.24, 2.45) is 0 Å². The third kappa shape index (κ3) is 1.63. The standard InChI is InChI=1S/C7H6F2O2/c8-5-2-1-4(7(10)11)3-6(5)9/h1-3,5-6H,(H,10,11)/i3D,5D,6D. The van der Waals surface area contributed by atoms with Crippen molar-refractivity contribution in [1.82, 2.24) is 0 Å². The summed E-state index contributed by atoms with van der Waals surface area (Å²) in [6.07, 6.45) is -6.19. The lowest BCUT2D eigenvalue weighted by Crippen LogP contribution is -2.17. The van der Waals surface area contributed by atoms with Gasteiger partial charge >= 0.3 is 5.97 Å². The minimum Gasteiger partial charge on any atom is -0.478 e. The molecule has 1 rings (SSSR count). The molecule has 0 aromatic carbocycles. The van der Waals surface area contributed by atoms with Gasteiger partial charge in [-0.05, 0) is 18.2 Å². The number of rotatable bonds is 1. The molecule has 1 N–H and O–H groups in total. The van der Waals surface area contributed by atoms with Gasteiger partial charge in [-0.25, -0.2) is 13.6 Å². The molecule has 0 saturated heterocycles. The van der Waals surface area contributed by atoms with Crippen molar-refractivity contribution in [3.8, 4) is 0 Å². The topological polar surface area (TPSA) is 37.3 Å². The maximum absolute atomic E-state index is 13.2. The Labute approximate surface area is 66.0 Å². The second-order valence-corrected chi connectivity index (χ2v) is 1.84. The van der Waals surface area contributed by atoms with E-state index >= 15 is 0 Å². The Hall–Kier alpha value is -1.19. The van der Waals surface area contributed by atoms with Gasteiger partial charge in [0.05, 0.1) is 9.69 Å². The van der Waals surface area contributed by atoms with Gasteiger partial charge in [0.25, 0.3) is 0 Å². The number of carbonyl (C=O) groups is 1. The minimum atomic E-state index is -3.69. The molecule has 0 amide bonds. The number of allylic oxidation sites excluding steroid dienone is 2. The highest BCUT2D eigenvalue weighted by molar-refractivity contribution is 5.90. The monoisotopic (exact) mass is 163 g/mol. The van der Waals surface area contributed by atoms with Crippen LogP contribution in [0, 0.1) is 0 Å². The predicted molar refractivity (Wildman–Crippen MR) is 34.7 cm³/mol. The number of carboxylic acid groups (broad SMARTS) is 1. The number of alkyl halides is 2. The van der Waals surface area contributed by atoms with Gasteiger partial charge < -0.3 is 5.11 Å². The first-order valence-electron chi connectivity index (χ1n) is 4.22. The Morgan fingerprint density at radius 2 is 2.36 bits per heavy atom. The lowest BCUT2D eigenvalue weighted by atomic mass is 10.0. The van der Waals surface area contributed by atoms with E-state index in [2.05, 4.69) is 0 Å². The fourth-order valence-electron chi connectivity index (χ4n) is 0.574.